The molecule has 110 valence electrons. The second-order valence-corrected chi connectivity index (χ2v) is 6.15. The van der Waals surface area contributed by atoms with Gasteiger partial charge in [-0.1, -0.05) is 11.8 Å². The summed E-state index contributed by atoms with van der Waals surface area (Å²) in [4.78, 5) is 21.4. The van der Waals surface area contributed by atoms with E-state index in [0.717, 1.165) is 28.4 Å². The summed E-state index contributed by atoms with van der Waals surface area (Å²) >= 11 is 3.02. The maximum Gasteiger partial charge on any atom is 0.343 e. The minimum Gasteiger partial charge on any atom is -0.370 e. The first kappa shape index (κ1) is 14.1. The number of H-pyrrole nitrogens is 1. The maximum absolute atomic E-state index is 11.3. The summed E-state index contributed by atoms with van der Waals surface area (Å²) in [6.45, 7) is 2.84. The van der Waals surface area contributed by atoms with Gasteiger partial charge in [0.1, 0.15) is 16.5 Å². The molecule has 3 aromatic heterocycles. The Morgan fingerprint density at radius 1 is 1.48 bits per heavy atom. The Kier molecular flexibility index (Phi) is 3.93. The van der Waals surface area contributed by atoms with E-state index in [-0.39, 0.29) is 5.69 Å². The van der Waals surface area contributed by atoms with Crippen LogP contribution >= 0.6 is 23.1 Å². The fraction of sp³-hybridized carbons (Fsp3) is 0.333. The lowest BCUT2D eigenvalue weighted by atomic mass is 10.3. The highest BCUT2D eigenvalue weighted by atomic mass is 32.2. The van der Waals surface area contributed by atoms with Gasteiger partial charge in [-0.3, -0.25) is 4.57 Å². The standard InChI is InChI=1S/C12H14N6OS2/c1-3-13-9-7-4-5-20-10(7)15-8(14-9)6-21-12-17-16-11(19)18(12)2/h4-5H,3,6H2,1-2H3,(H,16,19)(H,13,14,15). The van der Waals surface area contributed by atoms with Gasteiger partial charge in [-0.25, -0.2) is 19.9 Å². The minimum absolute atomic E-state index is 0.222. The van der Waals surface area contributed by atoms with Crippen LogP contribution in [-0.2, 0) is 12.8 Å². The van der Waals surface area contributed by atoms with Crippen LogP contribution in [0.1, 0.15) is 12.7 Å². The molecular formula is C12H14N6OS2. The van der Waals surface area contributed by atoms with Crippen molar-refractivity contribution in [3.8, 4) is 0 Å². The van der Waals surface area contributed by atoms with Gasteiger partial charge in [0, 0.05) is 13.6 Å². The van der Waals surface area contributed by atoms with E-state index in [9.17, 15) is 4.79 Å². The van der Waals surface area contributed by atoms with Crippen molar-refractivity contribution >= 4 is 39.1 Å². The largest absolute Gasteiger partial charge is 0.370 e. The molecule has 0 saturated carbocycles. The molecule has 0 fully saturated rings. The highest BCUT2D eigenvalue weighted by molar-refractivity contribution is 7.98. The third-order valence-electron chi connectivity index (χ3n) is 2.88. The molecule has 3 heterocycles. The van der Waals surface area contributed by atoms with E-state index in [4.69, 9.17) is 0 Å². The second-order valence-electron chi connectivity index (χ2n) is 4.32. The summed E-state index contributed by atoms with van der Waals surface area (Å²) in [6, 6.07) is 2.02. The van der Waals surface area contributed by atoms with Gasteiger partial charge < -0.3 is 5.32 Å². The molecule has 0 aliphatic rings. The molecule has 0 bridgehead atoms. The summed E-state index contributed by atoms with van der Waals surface area (Å²) in [5.74, 6) is 2.14. The summed E-state index contributed by atoms with van der Waals surface area (Å²) < 4.78 is 1.47. The SMILES string of the molecule is CCNc1nc(CSc2n[nH]c(=O)n2C)nc2sccc12. The second kappa shape index (κ2) is 5.86. The van der Waals surface area contributed by atoms with Crippen molar-refractivity contribution in [2.75, 3.05) is 11.9 Å². The molecular weight excluding hydrogens is 308 g/mol. The van der Waals surface area contributed by atoms with Gasteiger partial charge in [-0.2, -0.15) is 0 Å². The third kappa shape index (κ3) is 2.79. The lowest BCUT2D eigenvalue weighted by Gasteiger charge is -2.06. The number of hydrogen-bond donors (Lipinski definition) is 2. The summed E-state index contributed by atoms with van der Waals surface area (Å²) in [5.41, 5.74) is -0.222. The van der Waals surface area contributed by atoms with Gasteiger partial charge in [-0.05, 0) is 18.4 Å². The number of anilines is 1. The van der Waals surface area contributed by atoms with Crippen LogP contribution in [0.3, 0.4) is 0 Å². The van der Waals surface area contributed by atoms with Crippen LogP contribution in [0.15, 0.2) is 21.4 Å². The summed E-state index contributed by atoms with van der Waals surface area (Å²) in [5, 5.41) is 13.3. The number of nitrogens with one attached hydrogen (secondary N) is 2. The van der Waals surface area contributed by atoms with E-state index in [2.05, 4.69) is 25.5 Å². The van der Waals surface area contributed by atoms with Crippen LogP contribution in [-0.4, -0.2) is 31.3 Å². The molecule has 21 heavy (non-hydrogen) atoms. The van der Waals surface area contributed by atoms with Crippen LogP contribution in [0.4, 0.5) is 5.82 Å². The molecule has 0 atom stereocenters. The average molecular weight is 322 g/mol. The molecule has 3 rings (SSSR count). The fourth-order valence-corrected chi connectivity index (χ4v) is 3.41. The number of rotatable bonds is 5. The smallest absolute Gasteiger partial charge is 0.343 e. The number of fused-ring (bicyclic) bond motifs is 1. The predicted octanol–water partition coefficient (Wildman–Crippen LogP) is 1.84. The first-order valence-corrected chi connectivity index (χ1v) is 8.27. The Morgan fingerprint density at radius 2 is 2.33 bits per heavy atom. The monoisotopic (exact) mass is 322 g/mol. The quantitative estimate of drug-likeness (QED) is 0.697. The Morgan fingerprint density at radius 3 is 3.05 bits per heavy atom. The van der Waals surface area contributed by atoms with E-state index in [1.54, 1.807) is 18.4 Å². The van der Waals surface area contributed by atoms with Gasteiger partial charge in [0.05, 0.1) is 11.1 Å². The molecule has 7 nitrogen and oxygen atoms in total. The molecule has 3 aromatic rings. The fourth-order valence-electron chi connectivity index (χ4n) is 1.86. The Labute approximate surface area is 128 Å². The lowest BCUT2D eigenvalue weighted by Crippen LogP contribution is -2.13. The molecule has 0 aromatic carbocycles. The van der Waals surface area contributed by atoms with Crippen LogP contribution < -0.4 is 11.0 Å². The minimum atomic E-state index is -0.222. The van der Waals surface area contributed by atoms with E-state index >= 15 is 0 Å². The summed E-state index contributed by atoms with van der Waals surface area (Å²) in [6.07, 6.45) is 0. The van der Waals surface area contributed by atoms with Crippen molar-refractivity contribution in [3.05, 3.63) is 27.8 Å². The number of nitrogens with zero attached hydrogens (tertiary/aromatic N) is 4. The first-order chi connectivity index (χ1) is 10.2. The topological polar surface area (TPSA) is 88.5 Å². The highest BCUT2D eigenvalue weighted by Gasteiger charge is 2.11. The zero-order chi connectivity index (χ0) is 14.8. The van der Waals surface area contributed by atoms with Crippen LogP contribution in [0, 0.1) is 0 Å². The first-order valence-electron chi connectivity index (χ1n) is 6.41. The van der Waals surface area contributed by atoms with Gasteiger partial charge in [0.25, 0.3) is 0 Å². The highest BCUT2D eigenvalue weighted by Crippen LogP contribution is 2.27. The Balaban J connectivity index is 1.86. The third-order valence-corrected chi connectivity index (χ3v) is 4.72. The van der Waals surface area contributed by atoms with Crippen molar-refractivity contribution in [1.29, 1.82) is 0 Å². The normalized spacial score (nSPS) is 11.1. The molecule has 9 heteroatoms. The molecule has 0 aliphatic carbocycles. The van der Waals surface area contributed by atoms with Gasteiger partial charge in [0.15, 0.2) is 5.16 Å². The van der Waals surface area contributed by atoms with Crippen molar-refractivity contribution in [2.45, 2.75) is 17.8 Å². The van der Waals surface area contributed by atoms with Gasteiger partial charge in [-0.15, -0.1) is 16.4 Å². The molecule has 0 unspecified atom stereocenters. The average Bonchev–Trinajstić information content (AvgIpc) is 3.06. The molecule has 0 saturated heterocycles. The van der Waals surface area contributed by atoms with E-state index in [1.165, 1.54) is 16.3 Å². The molecule has 0 radical (unpaired) electrons. The zero-order valence-corrected chi connectivity index (χ0v) is 13.2. The zero-order valence-electron chi connectivity index (χ0n) is 11.6. The number of aromatic amines is 1. The number of thiophene rings is 1. The van der Waals surface area contributed by atoms with E-state index in [1.807, 2.05) is 18.4 Å². The van der Waals surface area contributed by atoms with Crippen LogP contribution in [0.25, 0.3) is 10.2 Å². The van der Waals surface area contributed by atoms with Crippen LogP contribution in [0.5, 0.6) is 0 Å². The summed E-state index contributed by atoms with van der Waals surface area (Å²) in [7, 11) is 1.68. The van der Waals surface area contributed by atoms with Gasteiger partial charge in [0.2, 0.25) is 0 Å². The predicted molar refractivity (Wildman–Crippen MR) is 85.0 cm³/mol. The van der Waals surface area contributed by atoms with Crippen LogP contribution in [0.2, 0.25) is 0 Å². The van der Waals surface area contributed by atoms with E-state index in [0.29, 0.717) is 10.9 Å². The molecule has 0 aliphatic heterocycles. The van der Waals surface area contributed by atoms with Crippen molar-refractivity contribution < 1.29 is 0 Å². The molecule has 0 amide bonds. The Hall–Kier alpha value is -1.87. The number of thioether (sulfide) groups is 1. The van der Waals surface area contributed by atoms with Crippen molar-refractivity contribution in [2.24, 2.45) is 7.05 Å². The number of aromatic nitrogens is 5. The molecule has 2 N–H and O–H groups in total. The molecule has 0 spiro atoms. The van der Waals surface area contributed by atoms with Crippen molar-refractivity contribution in [1.82, 2.24) is 24.7 Å². The van der Waals surface area contributed by atoms with Crippen molar-refractivity contribution in [3.63, 3.8) is 0 Å². The van der Waals surface area contributed by atoms with Gasteiger partial charge >= 0.3 is 5.69 Å². The Bertz CT molecular complexity index is 821. The number of hydrogen-bond acceptors (Lipinski definition) is 7. The lowest BCUT2D eigenvalue weighted by molar-refractivity contribution is 0.765. The van der Waals surface area contributed by atoms with E-state index < -0.39 is 0 Å². The maximum atomic E-state index is 11.3.